The van der Waals surface area contributed by atoms with Gasteiger partial charge in [-0.25, -0.2) is 5.43 Å². The molecule has 158 valence electrons. The van der Waals surface area contributed by atoms with Crippen molar-refractivity contribution in [2.45, 2.75) is 5.92 Å². The summed E-state index contributed by atoms with van der Waals surface area (Å²) in [5.74, 6) is -1.17. The molecule has 0 aliphatic heterocycles. The first-order chi connectivity index (χ1) is 15.0. The van der Waals surface area contributed by atoms with Gasteiger partial charge in [0.25, 0.3) is 5.91 Å². The standard InChI is InChI=1S/C23H19I2N3O3/c24-18-11-17(22(30)19(25)12-18)13-27-28-20(29)14-26-23(31)21(15-7-3-1-4-8-15)16-9-5-2-6-10-16/h1-13,21,30H,14H2,(H,26,31)(H,28,29). The molecule has 0 bridgehead atoms. The lowest BCUT2D eigenvalue weighted by atomic mass is 9.90. The first-order valence-electron chi connectivity index (χ1n) is 9.33. The maximum atomic E-state index is 12.9. The van der Waals surface area contributed by atoms with Crippen LogP contribution in [0.5, 0.6) is 5.75 Å². The highest BCUT2D eigenvalue weighted by atomic mass is 127. The Morgan fingerprint density at radius 3 is 2.13 bits per heavy atom. The van der Waals surface area contributed by atoms with Crippen molar-refractivity contribution in [3.8, 4) is 5.75 Å². The number of benzene rings is 3. The zero-order chi connectivity index (χ0) is 22.2. The summed E-state index contributed by atoms with van der Waals surface area (Å²) in [6, 6.07) is 22.4. The molecule has 3 aromatic carbocycles. The van der Waals surface area contributed by atoms with E-state index in [4.69, 9.17) is 0 Å². The molecular weight excluding hydrogens is 620 g/mol. The fourth-order valence-corrected chi connectivity index (χ4v) is 4.84. The van der Waals surface area contributed by atoms with Gasteiger partial charge in [-0.3, -0.25) is 9.59 Å². The predicted molar refractivity (Wildman–Crippen MR) is 137 cm³/mol. The fraction of sp³-hybridized carbons (Fsp3) is 0.0870. The molecule has 6 nitrogen and oxygen atoms in total. The summed E-state index contributed by atoms with van der Waals surface area (Å²) in [5.41, 5.74) is 4.55. The maximum Gasteiger partial charge on any atom is 0.259 e. The number of carbonyl (C=O) groups is 2. The second-order valence-corrected chi connectivity index (χ2v) is 9.00. The van der Waals surface area contributed by atoms with Gasteiger partial charge in [0.1, 0.15) is 5.75 Å². The SMILES string of the molecule is O=C(CNC(=O)C(c1ccccc1)c1ccccc1)NN=Cc1cc(I)cc(I)c1O. The Hall–Kier alpha value is -2.47. The molecule has 0 aromatic heterocycles. The number of amides is 2. The second kappa shape index (κ2) is 11.2. The molecule has 0 unspecified atom stereocenters. The normalized spacial score (nSPS) is 10.9. The fourth-order valence-electron chi connectivity index (χ4n) is 2.95. The molecule has 0 fully saturated rings. The molecule has 0 atom stereocenters. The third-order valence-corrected chi connectivity index (χ3v) is 5.85. The molecule has 0 saturated heterocycles. The smallest absolute Gasteiger partial charge is 0.259 e. The third-order valence-electron chi connectivity index (χ3n) is 4.40. The Morgan fingerprint density at radius 2 is 1.55 bits per heavy atom. The number of hydrogen-bond donors (Lipinski definition) is 3. The average molecular weight is 639 g/mol. The number of rotatable bonds is 7. The summed E-state index contributed by atoms with van der Waals surface area (Å²) in [6.45, 7) is -0.220. The summed E-state index contributed by atoms with van der Waals surface area (Å²) in [7, 11) is 0. The van der Waals surface area contributed by atoms with Gasteiger partial charge in [0.15, 0.2) is 0 Å². The number of nitrogens with zero attached hydrogens (tertiary/aromatic N) is 1. The number of hydrogen-bond acceptors (Lipinski definition) is 4. The summed E-state index contributed by atoms with van der Waals surface area (Å²) < 4.78 is 1.63. The van der Waals surface area contributed by atoms with Gasteiger partial charge in [0, 0.05) is 9.13 Å². The van der Waals surface area contributed by atoms with Gasteiger partial charge in [0.05, 0.1) is 22.2 Å². The monoisotopic (exact) mass is 639 g/mol. The molecule has 0 aliphatic rings. The highest BCUT2D eigenvalue weighted by Crippen LogP contribution is 2.26. The van der Waals surface area contributed by atoms with Crippen LogP contribution >= 0.6 is 45.2 Å². The lowest BCUT2D eigenvalue weighted by Crippen LogP contribution is -2.37. The summed E-state index contributed by atoms with van der Waals surface area (Å²) >= 11 is 4.16. The van der Waals surface area contributed by atoms with Gasteiger partial charge in [-0.1, -0.05) is 60.7 Å². The topological polar surface area (TPSA) is 90.8 Å². The Kier molecular flexibility index (Phi) is 8.41. The zero-order valence-corrected chi connectivity index (χ0v) is 20.6. The molecule has 3 rings (SSSR count). The highest BCUT2D eigenvalue weighted by Gasteiger charge is 2.22. The van der Waals surface area contributed by atoms with Crippen molar-refractivity contribution in [2.24, 2.45) is 5.10 Å². The lowest BCUT2D eigenvalue weighted by molar-refractivity contribution is -0.126. The number of aromatic hydroxyl groups is 1. The Bertz CT molecular complexity index is 1050. The van der Waals surface area contributed by atoms with Gasteiger partial charge >= 0.3 is 0 Å². The van der Waals surface area contributed by atoms with Crippen molar-refractivity contribution in [3.05, 3.63) is 96.6 Å². The maximum absolute atomic E-state index is 12.9. The van der Waals surface area contributed by atoms with Gasteiger partial charge in [-0.05, 0) is 68.4 Å². The van der Waals surface area contributed by atoms with Crippen molar-refractivity contribution in [1.29, 1.82) is 0 Å². The van der Waals surface area contributed by atoms with Gasteiger partial charge in [-0.2, -0.15) is 5.10 Å². The average Bonchev–Trinajstić information content (AvgIpc) is 2.77. The van der Waals surface area contributed by atoms with E-state index in [2.05, 4.69) is 38.4 Å². The molecule has 0 saturated carbocycles. The van der Waals surface area contributed by atoms with Crippen LogP contribution in [0.4, 0.5) is 0 Å². The van der Waals surface area contributed by atoms with E-state index in [1.165, 1.54) is 6.21 Å². The largest absolute Gasteiger partial charge is 0.506 e. The molecular formula is C23H19I2N3O3. The molecule has 2 amide bonds. The Morgan fingerprint density at radius 1 is 0.968 bits per heavy atom. The minimum atomic E-state index is -0.524. The first-order valence-corrected chi connectivity index (χ1v) is 11.5. The van der Waals surface area contributed by atoms with Gasteiger partial charge < -0.3 is 10.4 Å². The number of phenols is 1. The van der Waals surface area contributed by atoms with E-state index in [9.17, 15) is 14.7 Å². The molecule has 0 spiro atoms. The van der Waals surface area contributed by atoms with E-state index in [-0.39, 0.29) is 18.2 Å². The quantitative estimate of drug-likeness (QED) is 0.208. The minimum Gasteiger partial charge on any atom is -0.506 e. The van der Waals surface area contributed by atoms with Crippen molar-refractivity contribution in [3.63, 3.8) is 0 Å². The van der Waals surface area contributed by atoms with Crippen LogP contribution in [0.15, 0.2) is 77.9 Å². The molecule has 3 N–H and O–H groups in total. The number of carbonyl (C=O) groups excluding carboxylic acids is 2. The van der Waals surface area contributed by atoms with Crippen molar-refractivity contribution in [1.82, 2.24) is 10.7 Å². The molecule has 31 heavy (non-hydrogen) atoms. The highest BCUT2D eigenvalue weighted by molar-refractivity contribution is 14.1. The van der Waals surface area contributed by atoms with Crippen LogP contribution in [-0.2, 0) is 9.59 Å². The number of phenolic OH excluding ortho intramolecular Hbond substituents is 1. The van der Waals surface area contributed by atoms with Crippen molar-refractivity contribution >= 4 is 63.2 Å². The van der Waals surface area contributed by atoms with E-state index in [1.807, 2.05) is 89.3 Å². The predicted octanol–water partition coefficient (Wildman–Crippen LogP) is 4.00. The molecule has 3 aromatic rings. The van der Waals surface area contributed by atoms with Crippen molar-refractivity contribution < 1.29 is 14.7 Å². The van der Waals surface area contributed by atoms with Crippen LogP contribution in [-0.4, -0.2) is 29.7 Å². The molecule has 8 heteroatoms. The molecule has 0 radical (unpaired) electrons. The van der Waals surface area contributed by atoms with Crippen LogP contribution < -0.4 is 10.7 Å². The van der Waals surface area contributed by atoms with Crippen LogP contribution in [0, 0.1) is 7.14 Å². The van der Waals surface area contributed by atoms with Gasteiger partial charge in [-0.15, -0.1) is 0 Å². The third kappa shape index (κ3) is 6.50. The van der Waals surface area contributed by atoms with Crippen LogP contribution in [0.25, 0.3) is 0 Å². The number of halogens is 2. The first kappa shape index (κ1) is 23.2. The molecule has 0 aliphatic carbocycles. The van der Waals surface area contributed by atoms with Crippen LogP contribution in [0.1, 0.15) is 22.6 Å². The van der Waals surface area contributed by atoms with Gasteiger partial charge in [0.2, 0.25) is 5.91 Å². The number of hydrazone groups is 1. The molecule has 0 heterocycles. The summed E-state index contributed by atoms with van der Waals surface area (Å²) in [5, 5.41) is 16.6. The van der Waals surface area contributed by atoms with E-state index >= 15 is 0 Å². The Balaban J connectivity index is 1.63. The van der Waals surface area contributed by atoms with Crippen molar-refractivity contribution in [2.75, 3.05) is 6.54 Å². The van der Waals surface area contributed by atoms with E-state index in [1.54, 1.807) is 6.07 Å². The number of nitrogens with one attached hydrogen (secondary N) is 2. The zero-order valence-electron chi connectivity index (χ0n) is 16.3. The van der Waals surface area contributed by atoms with Crippen LogP contribution in [0.2, 0.25) is 0 Å². The van der Waals surface area contributed by atoms with E-state index in [0.29, 0.717) is 9.13 Å². The minimum absolute atomic E-state index is 0.0980. The second-order valence-electron chi connectivity index (χ2n) is 6.59. The summed E-state index contributed by atoms with van der Waals surface area (Å²) in [4.78, 5) is 25.0. The van der Waals surface area contributed by atoms with Crippen LogP contribution in [0.3, 0.4) is 0 Å². The lowest BCUT2D eigenvalue weighted by Gasteiger charge is -2.17. The van der Waals surface area contributed by atoms with E-state index < -0.39 is 11.8 Å². The summed E-state index contributed by atoms with van der Waals surface area (Å²) in [6.07, 6.45) is 1.37. The Labute approximate surface area is 207 Å². The van der Waals surface area contributed by atoms with E-state index in [0.717, 1.165) is 14.7 Å².